The molecule has 2 heterocycles. The van der Waals surface area contributed by atoms with Crippen LogP contribution in [0.4, 0.5) is 11.6 Å². The van der Waals surface area contributed by atoms with Gasteiger partial charge in [-0.3, -0.25) is 0 Å². The van der Waals surface area contributed by atoms with Crippen molar-refractivity contribution in [2.75, 3.05) is 5.32 Å². The summed E-state index contributed by atoms with van der Waals surface area (Å²) in [6, 6.07) is 14.5. The molecule has 0 unspecified atom stereocenters. The molecule has 0 aliphatic carbocycles. The Morgan fingerprint density at radius 2 is 1.86 bits per heavy atom. The van der Waals surface area contributed by atoms with Gasteiger partial charge in [0.2, 0.25) is 5.95 Å². The van der Waals surface area contributed by atoms with Crippen LogP contribution in [0.15, 0.2) is 48.7 Å². The predicted molar refractivity (Wildman–Crippen MR) is 89.2 cm³/mol. The van der Waals surface area contributed by atoms with Gasteiger partial charge in [0.05, 0.1) is 10.6 Å². The fourth-order valence-corrected chi connectivity index (χ4v) is 2.92. The highest BCUT2D eigenvalue weighted by Gasteiger charge is 2.05. The van der Waals surface area contributed by atoms with Gasteiger partial charge < -0.3 is 5.32 Å². The second-order valence-electron chi connectivity index (χ2n) is 4.85. The van der Waals surface area contributed by atoms with Gasteiger partial charge in [-0.1, -0.05) is 19.1 Å². The summed E-state index contributed by atoms with van der Waals surface area (Å²) >= 11 is 1.74. The van der Waals surface area contributed by atoms with Gasteiger partial charge in [0.1, 0.15) is 0 Å². The second kappa shape index (κ2) is 6.06. The summed E-state index contributed by atoms with van der Waals surface area (Å²) < 4.78 is 0. The van der Waals surface area contributed by atoms with Crippen molar-refractivity contribution >= 4 is 23.0 Å². The molecule has 2 aromatic heterocycles. The van der Waals surface area contributed by atoms with Crippen LogP contribution in [-0.2, 0) is 6.42 Å². The van der Waals surface area contributed by atoms with Crippen molar-refractivity contribution in [2.24, 2.45) is 0 Å². The molecule has 0 saturated heterocycles. The quantitative estimate of drug-likeness (QED) is 0.750. The third-order valence-corrected chi connectivity index (χ3v) is 4.29. The summed E-state index contributed by atoms with van der Waals surface area (Å²) in [6.07, 6.45) is 2.84. The normalized spacial score (nSPS) is 10.6. The van der Waals surface area contributed by atoms with Crippen LogP contribution >= 0.6 is 11.3 Å². The number of nitrogens with zero attached hydrogens (tertiary/aromatic N) is 2. The van der Waals surface area contributed by atoms with Crippen LogP contribution in [0.3, 0.4) is 0 Å². The first-order valence-corrected chi connectivity index (χ1v) is 7.82. The van der Waals surface area contributed by atoms with E-state index >= 15 is 0 Å². The molecule has 0 amide bonds. The molecule has 1 N–H and O–H groups in total. The maximum atomic E-state index is 4.58. The molecule has 0 fully saturated rings. The number of aryl methyl sites for hydroxylation is 2. The summed E-state index contributed by atoms with van der Waals surface area (Å²) in [7, 11) is 0. The first-order chi connectivity index (χ1) is 10.2. The molecule has 0 aliphatic rings. The van der Waals surface area contributed by atoms with E-state index in [2.05, 4.69) is 65.5 Å². The molecule has 4 heteroatoms. The fourth-order valence-electron chi connectivity index (χ4n) is 2.08. The lowest BCUT2D eigenvalue weighted by molar-refractivity contribution is 1.14. The van der Waals surface area contributed by atoms with Gasteiger partial charge in [-0.2, -0.15) is 0 Å². The van der Waals surface area contributed by atoms with Crippen molar-refractivity contribution in [1.82, 2.24) is 9.97 Å². The Morgan fingerprint density at radius 1 is 1.05 bits per heavy atom. The Labute approximate surface area is 128 Å². The molecule has 106 valence electrons. The van der Waals surface area contributed by atoms with E-state index in [0.29, 0.717) is 5.95 Å². The summed E-state index contributed by atoms with van der Waals surface area (Å²) in [6.45, 7) is 4.25. The molecule has 0 atom stereocenters. The minimum Gasteiger partial charge on any atom is -0.324 e. The lowest BCUT2D eigenvalue weighted by atomic mass is 10.1. The van der Waals surface area contributed by atoms with Crippen LogP contribution in [0.25, 0.3) is 10.6 Å². The summed E-state index contributed by atoms with van der Waals surface area (Å²) in [5, 5.41) is 3.25. The molecule has 1 aromatic carbocycles. The number of benzene rings is 1. The van der Waals surface area contributed by atoms with Crippen LogP contribution in [0.2, 0.25) is 0 Å². The number of aromatic nitrogens is 2. The maximum absolute atomic E-state index is 4.58. The minimum absolute atomic E-state index is 0.628. The molecular weight excluding hydrogens is 278 g/mol. The smallest absolute Gasteiger partial charge is 0.227 e. The average Bonchev–Trinajstić information content (AvgIpc) is 2.95. The molecule has 0 saturated carbocycles. The summed E-state index contributed by atoms with van der Waals surface area (Å²) in [5.41, 5.74) is 3.28. The topological polar surface area (TPSA) is 37.8 Å². The van der Waals surface area contributed by atoms with Gasteiger partial charge in [0, 0.05) is 16.8 Å². The Morgan fingerprint density at radius 3 is 2.52 bits per heavy atom. The van der Waals surface area contributed by atoms with Crippen molar-refractivity contribution in [3.8, 4) is 10.6 Å². The molecule has 3 nitrogen and oxygen atoms in total. The van der Waals surface area contributed by atoms with E-state index in [9.17, 15) is 0 Å². The highest BCUT2D eigenvalue weighted by molar-refractivity contribution is 7.15. The van der Waals surface area contributed by atoms with Gasteiger partial charge in [-0.05, 0) is 49.2 Å². The van der Waals surface area contributed by atoms with Gasteiger partial charge in [-0.25, -0.2) is 9.97 Å². The largest absolute Gasteiger partial charge is 0.324 e. The number of hydrogen-bond donors (Lipinski definition) is 1. The van der Waals surface area contributed by atoms with E-state index in [1.807, 2.05) is 6.07 Å². The first-order valence-electron chi connectivity index (χ1n) is 7.00. The van der Waals surface area contributed by atoms with Crippen molar-refractivity contribution in [1.29, 1.82) is 0 Å². The lowest BCUT2D eigenvalue weighted by Crippen LogP contribution is -1.97. The van der Waals surface area contributed by atoms with Gasteiger partial charge in [0.25, 0.3) is 0 Å². The van der Waals surface area contributed by atoms with Crippen LogP contribution in [0.5, 0.6) is 0 Å². The van der Waals surface area contributed by atoms with Gasteiger partial charge >= 0.3 is 0 Å². The molecule has 21 heavy (non-hydrogen) atoms. The second-order valence-corrected chi connectivity index (χ2v) is 6.14. The molecular formula is C17H17N3S. The Kier molecular flexibility index (Phi) is 3.97. The number of thiophene rings is 1. The van der Waals surface area contributed by atoms with Crippen molar-refractivity contribution in [2.45, 2.75) is 20.3 Å². The Balaban J connectivity index is 1.82. The zero-order valence-corrected chi connectivity index (χ0v) is 12.9. The van der Waals surface area contributed by atoms with E-state index in [0.717, 1.165) is 17.8 Å². The number of anilines is 2. The highest BCUT2D eigenvalue weighted by Crippen LogP contribution is 2.26. The maximum Gasteiger partial charge on any atom is 0.227 e. The van der Waals surface area contributed by atoms with Crippen LogP contribution in [0, 0.1) is 6.92 Å². The van der Waals surface area contributed by atoms with Gasteiger partial charge in [-0.15, -0.1) is 11.3 Å². The molecule has 0 spiro atoms. The third-order valence-electron chi connectivity index (χ3n) is 3.27. The van der Waals surface area contributed by atoms with E-state index in [1.54, 1.807) is 17.5 Å². The zero-order chi connectivity index (χ0) is 14.7. The fraction of sp³-hybridized carbons (Fsp3) is 0.176. The third kappa shape index (κ3) is 3.28. The average molecular weight is 295 g/mol. The number of hydrogen-bond acceptors (Lipinski definition) is 4. The van der Waals surface area contributed by atoms with Crippen LogP contribution in [0.1, 0.15) is 17.4 Å². The highest BCUT2D eigenvalue weighted by atomic mass is 32.1. The standard InChI is InChI=1S/C17H17N3S/c1-3-13-5-7-14(8-6-13)19-17-18-11-10-15(20-17)16-9-4-12(2)21-16/h4-11H,3H2,1-2H3,(H,18,19,20). The number of nitrogens with one attached hydrogen (secondary N) is 1. The number of rotatable bonds is 4. The SMILES string of the molecule is CCc1ccc(Nc2nccc(-c3ccc(C)s3)n2)cc1. The summed E-state index contributed by atoms with van der Waals surface area (Å²) in [5.74, 6) is 0.628. The molecule has 3 rings (SSSR count). The Bertz CT molecular complexity index is 732. The molecule has 3 aromatic rings. The van der Waals surface area contributed by atoms with E-state index < -0.39 is 0 Å². The van der Waals surface area contributed by atoms with Crippen molar-refractivity contribution in [3.05, 3.63) is 59.1 Å². The molecule has 0 radical (unpaired) electrons. The minimum atomic E-state index is 0.628. The van der Waals surface area contributed by atoms with Gasteiger partial charge in [0.15, 0.2) is 0 Å². The first kappa shape index (κ1) is 13.8. The van der Waals surface area contributed by atoms with Crippen molar-refractivity contribution < 1.29 is 0 Å². The predicted octanol–water partition coefficient (Wildman–Crippen LogP) is 4.82. The summed E-state index contributed by atoms with van der Waals surface area (Å²) in [4.78, 5) is 11.3. The molecule has 0 aliphatic heterocycles. The van der Waals surface area contributed by atoms with E-state index in [1.165, 1.54) is 15.3 Å². The van der Waals surface area contributed by atoms with Crippen LogP contribution < -0.4 is 5.32 Å². The monoisotopic (exact) mass is 295 g/mol. The van der Waals surface area contributed by atoms with E-state index in [4.69, 9.17) is 0 Å². The Hall–Kier alpha value is -2.20. The van der Waals surface area contributed by atoms with Crippen LogP contribution in [-0.4, -0.2) is 9.97 Å². The van der Waals surface area contributed by atoms with Crippen molar-refractivity contribution in [3.63, 3.8) is 0 Å². The zero-order valence-electron chi connectivity index (χ0n) is 12.1. The lowest BCUT2D eigenvalue weighted by Gasteiger charge is -2.06. The molecule has 0 bridgehead atoms. The van der Waals surface area contributed by atoms with E-state index in [-0.39, 0.29) is 0 Å².